The van der Waals surface area contributed by atoms with Crippen LogP contribution in [0.5, 0.6) is 0 Å². The number of ether oxygens (including phenoxy) is 5. The fourth-order valence-corrected chi connectivity index (χ4v) is 5.85. The van der Waals surface area contributed by atoms with E-state index in [1.165, 1.54) is 12.8 Å². The first-order chi connectivity index (χ1) is 14.1. The van der Waals surface area contributed by atoms with Crippen molar-refractivity contribution in [3.8, 4) is 0 Å². The lowest BCUT2D eigenvalue weighted by atomic mass is 9.91. The zero-order chi connectivity index (χ0) is 19.9. The van der Waals surface area contributed by atoms with E-state index in [1.54, 1.807) is 0 Å². The molecular weight excluding hydrogens is 372 g/mol. The van der Waals surface area contributed by atoms with Crippen molar-refractivity contribution in [3.63, 3.8) is 0 Å². The van der Waals surface area contributed by atoms with Gasteiger partial charge in [-0.05, 0) is 32.1 Å². The summed E-state index contributed by atoms with van der Waals surface area (Å²) in [6.07, 6.45) is 13.2. The van der Waals surface area contributed by atoms with Crippen molar-refractivity contribution in [3.05, 3.63) is 12.2 Å². The van der Waals surface area contributed by atoms with E-state index < -0.39 is 23.8 Å². The first kappa shape index (κ1) is 20.4. The standard InChI is InChI=1S/C23H36O6/c1-2-3-10-16-18(24)20-21(29-23(28-20)13-8-5-9-14-23)19(26-16)17-15-25-22(27-17)11-6-4-7-12-22/h3,10,16-21,24H,2,4-9,11-15H2,1H3/b10-3+/t16-,17+,18-,19-,20-,21+/m0/s1. The first-order valence-electron chi connectivity index (χ1n) is 11.8. The molecule has 2 saturated carbocycles. The maximum absolute atomic E-state index is 11.0. The van der Waals surface area contributed by atoms with Crippen molar-refractivity contribution >= 4 is 0 Å². The Hall–Kier alpha value is -0.500. The SMILES string of the molecule is CC/C=C/[C@@H]1O[C@@H]([C@H]2COC3(CCCCC3)O2)[C@H]2OC3(CCCCC3)O[C@H]2[C@H]1O. The predicted molar refractivity (Wildman–Crippen MR) is 106 cm³/mol. The summed E-state index contributed by atoms with van der Waals surface area (Å²) < 4.78 is 32.1. The topological polar surface area (TPSA) is 66.4 Å². The van der Waals surface area contributed by atoms with Crippen LogP contribution in [0.3, 0.4) is 0 Å². The third kappa shape index (κ3) is 3.81. The van der Waals surface area contributed by atoms with Gasteiger partial charge in [-0.15, -0.1) is 0 Å². The maximum Gasteiger partial charge on any atom is 0.169 e. The van der Waals surface area contributed by atoms with Gasteiger partial charge in [0.15, 0.2) is 11.6 Å². The zero-order valence-corrected chi connectivity index (χ0v) is 17.6. The normalized spacial score (nSPS) is 43.9. The van der Waals surface area contributed by atoms with Gasteiger partial charge in [-0.1, -0.05) is 31.9 Å². The van der Waals surface area contributed by atoms with Crippen LogP contribution >= 0.6 is 0 Å². The molecule has 2 aliphatic carbocycles. The van der Waals surface area contributed by atoms with E-state index in [0.29, 0.717) is 6.61 Å². The van der Waals surface area contributed by atoms with Gasteiger partial charge >= 0.3 is 0 Å². The molecule has 0 aromatic carbocycles. The minimum Gasteiger partial charge on any atom is -0.387 e. The Kier molecular flexibility index (Phi) is 5.78. The summed E-state index contributed by atoms with van der Waals surface area (Å²) in [6, 6.07) is 0. The van der Waals surface area contributed by atoms with Crippen molar-refractivity contribution in [1.29, 1.82) is 0 Å². The lowest BCUT2D eigenvalue weighted by Gasteiger charge is -2.41. The summed E-state index contributed by atoms with van der Waals surface area (Å²) in [4.78, 5) is 0. The van der Waals surface area contributed by atoms with E-state index in [9.17, 15) is 5.11 Å². The van der Waals surface area contributed by atoms with Crippen LogP contribution in [-0.4, -0.2) is 59.9 Å². The molecular formula is C23H36O6. The summed E-state index contributed by atoms with van der Waals surface area (Å²) in [5.41, 5.74) is 0. The van der Waals surface area contributed by atoms with E-state index in [1.807, 2.05) is 12.2 Å². The third-order valence-corrected chi connectivity index (χ3v) is 7.37. The molecule has 6 heteroatoms. The van der Waals surface area contributed by atoms with Crippen LogP contribution < -0.4 is 0 Å². The van der Waals surface area contributed by atoms with Crippen molar-refractivity contribution in [2.45, 2.75) is 126 Å². The number of hydrogen-bond donors (Lipinski definition) is 1. The molecule has 0 bridgehead atoms. The predicted octanol–water partition coefficient (Wildman–Crippen LogP) is 3.60. The highest BCUT2D eigenvalue weighted by atomic mass is 16.8. The van der Waals surface area contributed by atoms with E-state index >= 15 is 0 Å². The molecule has 5 fully saturated rings. The molecule has 6 nitrogen and oxygen atoms in total. The second-order valence-corrected chi connectivity index (χ2v) is 9.47. The fraction of sp³-hybridized carbons (Fsp3) is 0.913. The molecule has 0 radical (unpaired) electrons. The molecule has 3 heterocycles. The van der Waals surface area contributed by atoms with Crippen molar-refractivity contribution in [1.82, 2.24) is 0 Å². The van der Waals surface area contributed by atoms with E-state index in [4.69, 9.17) is 23.7 Å². The first-order valence-corrected chi connectivity index (χ1v) is 11.8. The summed E-state index contributed by atoms with van der Waals surface area (Å²) in [5.74, 6) is -1.02. The number of rotatable bonds is 3. The number of allylic oxidation sites excluding steroid dienone is 1. The van der Waals surface area contributed by atoms with Gasteiger partial charge in [0.2, 0.25) is 0 Å². The smallest absolute Gasteiger partial charge is 0.169 e. The van der Waals surface area contributed by atoms with Crippen LogP contribution in [0.15, 0.2) is 12.2 Å². The largest absolute Gasteiger partial charge is 0.387 e. The molecule has 3 aliphatic heterocycles. The fourth-order valence-electron chi connectivity index (χ4n) is 5.85. The Balaban J connectivity index is 1.38. The van der Waals surface area contributed by atoms with Crippen LogP contribution in [0.1, 0.15) is 77.6 Å². The summed E-state index contributed by atoms with van der Waals surface area (Å²) in [5, 5.41) is 11.0. The number of aliphatic hydroxyl groups excluding tert-OH is 1. The average molecular weight is 409 g/mol. The third-order valence-electron chi connectivity index (χ3n) is 7.37. The molecule has 5 aliphatic rings. The van der Waals surface area contributed by atoms with E-state index in [0.717, 1.165) is 57.8 Å². The Labute approximate surface area is 173 Å². The maximum atomic E-state index is 11.0. The molecule has 3 saturated heterocycles. The van der Waals surface area contributed by atoms with Crippen molar-refractivity contribution in [2.75, 3.05) is 6.61 Å². The highest BCUT2D eigenvalue weighted by Crippen LogP contribution is 2.47. The summed E-state index contributed by atoms with van der Waals surface area (Å²) >= 11 is 0. The van der Waals surface area contributed by atoms with Gasteiger partial charge in [0.05, 0.1) is 6.61 Å². The summed E-state index contributed by atoms with van der Waals surface area (Å²) in [7, 11) is 0. The number of fused-ring (bicyclic) bond motifs is 1. The summed E-state index contributed by atoms with van der Waals surface area (Å²) in [6.45, 7) is 2.60. The Morgan fingerprint density at radius 2 is 1.48 bits per heavy atom. The Morgan fingerprint density at radius 1 is 0.828 bits per heavy atom. The highest BCUT2D eigenvalue weighted by Gasteiger charge is 2.60. The van der Waals surface area contributed by atoms with Crippen LogP contribution in [0.25, 0.3) is 0 Å². The number of aliphatic hydroxyl groups is 1. The molecule has 0 aromatic rings. The van der Waals surface area contributed by atoms with Crippen molar-refractivity contribution in [2.24, 2.45) is 0 Å². The quantitative estimate of drug-likeness (QED) is 0.720. The lowest BCUT2D eigenvalue weighted by Crippen LogP contribution is -2.59. The molecule has 0 aromatic heterocycles. The monoisotopic (exact) mass is 408 g/mol. The lowest BCUT2D eigenvalue weighted by molar-refractivity contribution is -0.233. The van der Waals surface area contributed by atoms with Gasteiger partial charge in [-0.3, -0.25) is 0 Å². The molecule has 0 amide bonds. The van der Waals surface area contributed by atoms with Crippen LogP contribution in [0.4, 0.5) is 0 Å². The molecule has 0 unspecified atom stereocenters. The van der Waals surface area contributed by atoms with Gasteiger partial charge in [0, 0.05) is 25.7 Å². The van der Waals surface area contributed by atoms with Crippen LogP contribution in [0.2, 0.25) is 0 Å². The van der Waals surface area contributed by atoms with Crippen molar-refractivity contribution < 1.29 is 28.8 Å². The average Bonchev–Trinajstić information content (AvgIpc) is 3.31. The Morgan fingerprint density at radius 3 is 2.17 bits per heavy atom. The number of hydrogen-bond acceptors (Lipinski definition) is 6. The molecule has 5 rings (SSSR count). The molecule has 6 atom stereocenters. The second-order valence-electron chi connectivity index (χ2n) is 9.47. The minimum absolute atomic E-state index is 0.187. The molecule has 29 heavy (non-hydrogen) atoms. The molecule has 2 spiro atoms. The molecule has 1 N–H and O–H groups in total. The van der Waals surface area contributed by atoms with Crippen LogP contribution in [-0.2, 0) is 23.7 Å². The van der Waals surface area contributed by atoms with Gasteiger partial charge in [0.1, 0.15) is 36.6 Å². The van der Waals surface area contributed by atoms with Gasteiger partial charge in [-0.2, -0.15) is 0 Å². The van der Waals surface area contributed by atoms with Gasteiger partial charge in [0.25, 0.3) is 0 Å². The second kappa shape index (κ2) is 8.21. The van der Waals surface area contributed by atoms with Gasteiger partial charge < -0.3 is 28.8 Å². The zero-order valence-electron chi connectivity index (χ0n) is 17.6. The van der Waals surface area contributed by atoms with E-state index in [-0.39, 0.29) is 24.4 Å². The minimum atomic E-state index is -0.730. The van der Waals surface area contributed by atoms with E-state index in [2.05, 4.69) is 6.92 Å². The molecule has 164 valence electrons. The van der Waals surface area contributed by atoms with Gasteiger partial charge in [-0.25, -0.2) is 0 Å². The highest BCUT2D eigenvalue weighted by molar-refractivity contribution is 5.08. The Bertz CT molecular complexity index is 594. The van der Waals surface area contributed by atoms with Crippen LogP contribution in [0, 0.1) is 0 Å².